The summed E-state index contributed by atoms with van der Waals surface area (Å²) in [5, 5.41) is 4.30. The van der Waals surface area contributed by atoms with Gasteiger partial charge in [-0.3, -0.25) is 4.68 Å². The van der Waals surface area contributed by atoms with Crippen molar-refractivity contribution in [3.05, 3.63) is 16.9 Å². The van der Waals surface area contributed by atoms with E-state index in [9.17, 15) is 4.79 Å². The molecule has 2 rings (SSSR count). The number of ether oxygens (including phenoxy) is 1. The molecule has 1 aliphatic rings. The monoisotopic (exact) mass is 329 g/mol. The van der Waals surface area contributed by atoms with Crippen LogP contribution in [0.2, 0.25) is 0 Å². The van der Waals surface area contributed by atoms with Gasteiger partial charge in [0.2, 0.25) is 0 Å². The molecule has 0 aromatic carbocycles. The SMILES string of the molecule is CC(C)(C)OC(=O)N1CCCC(n2cc(Br)cn2)C1. The molecular formula is C13H20BrN3O2. The molecule has 0 radical (unpaired) electrons. The van der Waals surface area contributed by atoms with Gasteiger partial charge in [0.1, 0.15) is 5.60 Å². The van der Waals surface area contributed by atoms with Gasteiger partial charge in [0.05, 0.1) is 16.7 Å². The quantitative estimate of drug-likeness (QED) is 0.794. The van der Waals surface area contributed by atoms with Gasteiger partial charge < -0.3 is 9.64 Å². The maximum atomic E-state index is 12.1. The number of hydrogen-bond donors (Lipinski definition) is 0. The van der Waals surface area contributed by atoms with Crippen LogP contribution < -0.4 is 0 Å². The van der Waals surface area contributed by atoms with Crippen LogP contribution in [-0.4, -0.2) is 39.5 Å². The molecule has 1 saturated heterocycles. The second-order valence-electron chi connectivity index (χ2n) is 5.86. The van der Waals surface area contributed by atoms with Crippen LogP contribution in [0.25, 0.3) is 0 Å². The number of amides is 1. The summed E-state index contributed by atoms with van der Waals surface area (Å²) in [6.07, 6.45) is 5.49. The van der Waals surface area contributed by atoms with Crippen molar-refractivity contribution in [1.82, 2.24) is 14.7 Å². The van der Waals surface area contributed by atoms with Crippen LogP contribution in [0.15, 0.2) is 16.9 Å². The Morgan fingerprint density at radius 1 is 1.53 bits per heavy atom. The van der Waals surface area contributed by atoms with Crippen LogP contribution in [0, 0.1) is 0 Å². The lowest BCUT2D eigenvalue weighted by molar-refractivity contribution is 0.0167. The van der Waals surface area contributed by atoms with Crippen molar-refractivity contribution in [1.29, 1.82) is 0 Å². The zero-order valence-electron chi connectivity index (χ0n) is 11.6. The Balaban J connectivity index is 1.99. The van der Waals surface area contributed by atoms with Gasteiger partial charge in [-0.1, -0.05) is 0 Å². The molecule has 0 N–H and O–H groups in total. The standard InChI is InChI=1S/C13H20BrN3O2/c1-13(2,3)19-12(18)16-6-4-5-11(9-16)17-8-10(14)7-15-17/h7-8,11H,4-6,9H2,1-3H3. The first-order valence-corrected chi connectivity index (χ1v) is 7.32. The number of likely N-dealkylation sites (tertiary alicyclic amines) is 1. The highest BCUT2D eigenvalue weighted by Crippen LogP contribution is 2.23. The maximum absolute atomic E-state index is 12.1. The molecule has 1 aromatic rings. The Hall–Kier alpha value is -1.04. The average Bonchev–Trinajstić information content (AvgIpc) is 2.74. The number of aromatic nitrogens is 2. The van der Waals surface area contributed by atoms with Gasteiger partial charge in [-0.2, -0.15) is 5.10 Å². The third-order valence-electron chi connectivity index (χ3n) is 2.99. The Morgan fingerprint density at radius 2 is 2.26 bits per heavy atom. The third kappa shape index (κ3) is 3.96. The number of nitrogens with zero attached hydrogens (tertiary/aromatic N) is 3. The largest absolute Gasteiger partial charge is 0.444 e. The van der Waals surface area contributed by atoms with Crippen molar-refractivity contribution >= 4 is 22.0 Å². The van der Waals surface area contributed by atoms with Crippen molar-refractivity contribution in [2.45, 2.75) is 45.3 Å². The van der Waals surface area contributed by atoms with Crippen molar-refractivity contribution in [3.63, 3.8) is 0 Å². The number of halogens is 1. The smallest absolute Gasteiger partial charge is 0.410 e. The van der Waals surface area contributed by atoms with Crippen LogP contribution in [0.3, 0.4) is 0 Å². The molecule has 1 fully saturated rings. The lowest BCUT2D eigenvalue weighted by Crippen LogP contribution is -2.43. The molecule has 1 unspecified atom stereocenters. The summed E-state index contributed by atoms with van der Waals surface area (Å²) in [6.45, 7) is 7.07. The first kappa shape index (κ1) is 14.4. The van der Waals surface area contributed by atoms with Gasteiger partial charge in [-0.05, 0) is 49.5 Å². The highest BCUT2D eigenvalue weighted by atomic mass is 79.9. The topological polar surface area (TPSA) is 47.4 Å². The molecule has 1 amide bonds. The molecule has 0 aliphatic carbocycles. The van der Waals surface area contributed by atoms with Gasteiger partial charge in [0, 0.05) is 19.3 Å². The van der Waals surface area contributed by atoms with Gasteiger partial charge >= 0.3 is 6.09 Å². The second kappa shape index (κ2) is 5.53. The van der Waals surface area contributed by atoms with E-state index < -0.39 is 5.60 Å². The first-order valence-electron chi connectivity index (χ1n) is 6.53. The van der Waals surface area contributed by atoms with E-state index in [-0.39, 0.29) is 12.1 Å². The fourth-order valence-corrected chi connectivity index (χ4v) is 2.48. The maximum Gasteiger partial charge on any atom is 0.410 e. The van der Waals surface area contributed by atoms with Crippen LogP contribution in [-0.2, 0) is 4.74 Å². The fraction of sp³-hybridized carbons (Fsp3) is 0.692. The predicted octanol–water partition coefficient (Wildman–Crippen LogP) is 3.22. The second-order valence-corrected chi connectivity index (χ2v) is 6.78. The minimum atomic E-state index is -0.446. The van der Waals surface area contributed by atoms with E-state index in [0.717, 1.165) is 23.9 Å². The summed E-state index contributed by atoms with van der Waals surface area (Å²) in [6, 6.07) is 0.229. The molecule has 6 heteroatoms. The summed E-state index contributed by atoms with van der Waals surface area (Å²) in [5.74, 6) is 0. The minimum Gasteiger partial charge on any atom is -0.444 e. The number of rotatable bonds is 1. The summed E-state index contributed by atoms with van der Waals surface area (Å²) in [4.78, 5) is 13.8. The molecule has 5 nitrogen and oxygen atoms in total. The Bertz CT molecular complexity index is 453. The zero-order valence-corrected chi connectivity index (χ0v) is 13.2. The summed E-state index contributed by atoms with van der Waals surface area (Å²) in [7, 11) is 0. The normalized spacial score (nSPS) is 20.4. The molecule has 0 bridgehead atoms. The van der Waals surface area contributed by atoms with Gasteiger partial charge in [0.15, 0.2) is 0 Å². The molecular weight excluding hydrogens is 310 g/mol. The van der Waals surface area contributed by atoms with E-state index in [1.54, 1.807) is 11.1 Å². The van der Waals surface area contributed by atoms with Crippen molar-refractivity contribution < 1.29 is 9.53 Å². The molecule has 1 aliphatic heterocycles. The van der Waals surface area contributed by atoms with Crippen LogP contribution in [0.4, 0.5) is 4.79 Å². The number of hydrogen-bond acceptors (Lipinski definition) is 3. The zero-order chi connectivity index (χ0) is 14.0. The lowest BCUT2D eigenvalue weighted by atomic mass is 10.1. The average molecular weight is 330 g/mol. The van der Waals surface area contributed by atoms with Crippen molar-refractivity contribution in [2.75, 3.05) is 13.1 Å². The van der Waals surface area contributed by atoms with Gasteiger partial charge in [-0.15, -0.1) is 0 Å². The molecule has 0 saturated carbocycles. The van der Waals surface area contributed by atoms with Gasteiger partial charge in [0.25, 0.3) is 0 Å². The highest BCUT2D eigenvalue weighted by Gasteiger charge is 2.28. The van der Waals surface area contributed by atoms with E-state index in [2.05, 4.69) is 21.0 Å². The Labute approximate surface area is 122 Å². The van der Waals surface area contributed by atoms with E-state index in [4.69, 9.17) is 4.74 Å². The number of carbonyl (C=O) groups is 1. The molecule has 2 heterocycles. The molecule has 19 heavy (non-hydrogen) atoms. The molecule has 1 atom stereocenters. The fourth-order valence-electron chi connectivity index (χ4n) is 2.18. The summed E-state index contributed by atoms with van der Waals surface area (Å²) < 4.78 is 8.29. The van der Waals surface area contributed by atoms with Gasteiger partial charge in [-0.25, -0.2) is 4.79 Å². The van der Waals surface area contributed by atoms with E-state index >= 15 is 0 Å². The molecule has 106 valence electrons. The summed E-state index contributed by atoms with van der Waals surface area (Å²) in [5.41, 5.74) is -0.446. The number of carbonyl (C=O) groups excluding carboxylic acids is 1. The van der Waals surface area contributed by atoms with Crippen molar-refractivity contribution in [2.24, 2.45) is 0 Å². The minimum absolute atomic E-state index is 0.229. The van der Waals surface area contributed by atoms with Crippen molar-refractivity contribution in [3.8, 4) is 0 Å². The predicted molar refractivity (Wildman–Crippen MR) is 76.0 cm³/mol. The summed E-state index contributed by atoms with van der Waals surface area (Å²) >= 11 is 3.39. The van der Waals surface area contributed by atoms with E-state index in [1.165, 1.54) is 0 Å². The third-order valence-corrected chi connectivity index (χ3v) is 3.40. The number of piperidine rings is 1. The Kier molecular flexibility index (Phi) is 4.18. The first-order chi connectivity index (χ1) is 8.85. The van der Waals surface area contributed by atoms with Crippen LogP contribution >= 0.6 is 15.9 Å². The Morgan fingerprint density at radius 3 is 2.84 bits per heavy atom. The van der Waals surface area contributed by atoms with E-state index in [0.29, 0.717) is 6.54 Å². The van der Waals surface area contributed by atoms with Crippen LogP contribution in [0.1, 0.15) is 39.7 Å². The van der Waals surface area contributed by atoms with E-state index in [1.807, 2.05) is 31.6 Å². The van der Waals surface area contributed by atoms with Crippen LogP contribution in [0.5, 0.6) is 0 Å². The molecule has 1 aromatic heterocycles. The lowest BCUT2D eigenvalue weighted by Gasteiger charge is -2.34. The molecule has 0 spiro atoms. The highest BCUT2D eigenvalue weighted by molar-refractivity contribution is 9.10.